The van der Waals surface area contributed by atoms with Gasteiger partial charge in [0.05, 0.1) is 6.26 Å². The summed E-state index contributed by atoms with van der Waals surface area (Å²) in [5, 5.41) is 7.96. The molecule has 0 aromatic rings. The molecule has 0 aliphatic heterocycles. The third kappa shape index (κ3) is 48.2. The molecule has 0 saturated carbocycles. The van der Waals surface area contributed by atoms with E-state index in [-0.39, 0.29) is 0 Å². The molecule has 10 heavy (non-hydrogen) atoms. The number of nitrogens with two attached hydrogens (primary N) is 1. The van der Waals surface area contributed by atoms with E-state index in [9.17, 15) is 0 Å². The van der Waals surface area contributed by atoms with Crippen molar-refractivity contribution in [2.24, 2.45) is 5.73 Å². The smallest absolute Gasteiger partial charge is 0.314 e. The van der Waals surface area contributed by atoms with Crippen LogP contribution in [0.5, 0.6) is 0 Å². The Balaban J connectivity index is 0. The van der Waals surface area contributed by atoms with Crippen molar-refractivity contribution in [3.05, 3.63) is 12.3 Å². The summed E-state index contributed by atoms with van der Waals surface area (Å²) in [6.07, 6.45) is 3.38. The van der Waals surface area contributed by atoms with E-state index in [1.54, 1.807) is 6.08 Å². The fraction of sp³-hybridized carbons (Fsp3) is 0.500. The number of hydrogen-bond acceptors (Lipinski definition) is 3. The number of hydrogen-bond donors (Lipinski definition) is 4. The monoisotopic (exact) mass is 169 g/mol. The Morgan fingerprint density at radius 2 is 1.90 bits per heavy atom. The maximum Gasteiger partial charge on any atom is 0.314 e. The second kappa shape index (κ2) is 11.4. The van der Waals surface area contributed by atoms with Gasteiger partial charge < -0.3 is 20.6 Å². The molecule has 0 amide bonds. The maximum atomic E-state index is 8.74. The molecule has 62 valence electrons. The predicted octanol–water partition coefficient (Wildman–Crippen LogP) is -0.232. The van der Waals surface area contributed by atoms with Gasteiger partial charge in [-0.2, -0.15) is 0 Å². The molecule has 0 fully saturated rings. The van der Waals surface area contributed by atoms with Gasteiger partial charge in [-0.05, 0) is 19.0 Å². The molecule has 0 atom stereocenters. The lowest BCUT2D eigenvalue weighted by atomic mass is 10.4. The van der Waals surface area contributed by atoms with E-state index >= 15 is 0 Å². The first-order chi connectivity index (χ1) is 4.65. The third-order valence-corrected chi connectivity index (χ3v) is 0.439. The van der Waals surface area contributed by atoms with Crippen LogP contribution in [0, 0.1) is 0 Å². The van der Waals surface area contributed by atoms with Crippen molar-refractivity contribution in [2.45, 2.75) is 6.42 Å². The molecular weight excluding hydrogens is 157 g/mol. The second-order valence-electron chi connectivity index (χ2n) is 1.24. The first-order valence-electron chi connectivity index (χ1n) is 2.56. The zero-order valence-electron chi connectivity index (χ0n) is 5.40. The van der Waals surface area contributed by atoms with Gasteiger partial charge in [-0.3, -0.25) is 4.57 Å². The van der Waals surface area contributed by atoms with E-state index < -0.39 is 8.25 Å². The molecule has 5 nitrogen and oxygen atoms in total. The molecule has 0 spiro atoms. The molecule has 0 heterocycles. The van der Waals surface area contributed by atoms with Gasteiger partial charge in [0, 0.05) is 0 Å². The summed E-state index contributed by atoms with van der Waals surface area (Å²) >= 11 is 0. The Kier molecular flexibility index (Phi) is 14.1. The van der Waals surface area contributed by atoms with Gasteiger partial charge in [0.15, 0.2) is 0 Å². The zero-order chi connectivity index (χ0) is 8.41. The standard InChI is InChI=1S/C4H9NO.H3O3P/c5-3-1-2-4-6;1-4(2)3/h2,4,6H,1,3,5H2;4H,(H2,1,2,3). The third-order valence-electron chi connectivity index (χ3n) is 0.439. The van der Waals surface area contributed by atoms with Crippen LogP contribution in [-0.4, -0.2) is 21.4 Å². The summed E-state index contributed by atoms with van der Waals surface area (Å²) in [5.74, 6) is 0. The minimum Gasteiger partial charge on any atom is -0.516 e. The van der Waals surface area contributed by atoms with Gasteiger partial charge in [-0.1, -0.05) is 0 Å². The van der Waals surface area contributed by atoms with Crippen LogP contribution in [0.15, 0.2) is 12.3 Å². The topological polar surface area (TPSA) is 104 Å². The van der Waals surface area contributed by atoms with Crippen molar-refractivity contribution in [1.29, 1.82) is 0 Å². The van der Waals surface area contributed by atoms with Gasteiger partial charge in [-0.25, -0.2) is 0 Å². The zero-order valence-corrected chi connectivity index (χ0v) is 6.40. The van der Waals surface area contributed by atoms with Gasteiger partial charge in [0.25, 0.3) is 0 Å². The predicted molar refractivity (Wildman–Crippen MR) is 38.9 cm³/mol. The lowest BCUT2D eigenvalue weighted by molar-refractivity contribution is 0.405. The Bertz CT molecular complexity index is 101. The average Bonchev–Trinajstić information content (AvgIpc) is 1.82. The van der Waals surface area contributed by atoms with E-state index in [1.165, 1.54) is 0 Å². The summed E-state index contributed by atoms with van der Waals surface area (Å²) in [6.45, 7) is 0.608. The molecular formula is C4H12NO4P. The minimum atomic E-state index is -3.13. The molecule has 0 aromatic carbocycles. The molecule has 0 saturated heterocycles. The highest BCUT2D eigenvalue weighted by Crippen LogP contribution is 1.98. The molecule has 0 aromatic heterocycles. The van der Waals surface area contributed by atoms with Crippen molar-refractivity contribution in [2.75, 3.05) is 6.54 Å². The van der Waals surface area contributed by atoms with E-state index in [1.807, 2.05) is 0 Å². The maximum absolute atomic E-state index is 8.74. The van der Waals surface area contributed by atoms with Gasteiger partial charge in [0.1, 0.15) is 0 Å². The first-order valence-corrected chi connectivity index (χ1v) is 3.86. The van der Waals surface area contributed by atoms with Crippen molar-refractivity contribution in [1.82, 2.24) is 0 Å². The van der Waals surface area contributed by atoms with E-state index in [0.29, 0.717) is 6.54 Å². The van der Waals surface area contributed by atoms with Crippen LogP contribution in [0.25, 0.3) is 0 Å². The second-order valence-corrected chi connectivity index (χ2v) is 1.81. The fourth-order valence-corrected chi connectivity index (χ4v) is 0.171. The van der Waals surface area contributed by atoms with Crippen molar-refractivity contribution in [3.63, 3.8) is 0 Å². The minimum absolute atomic E-state index is 0.608. The Morgan fingerprint density at radius 1 is 1.50 bits per heavy atom. The van der Waals surface area contributed by atoms with Crippen molar-refractivity contribution in [3.8, 4) is 0 Å². The van der Waals surface area contributed by atoms with Crippen molar-refractivity contribution < 1.29 is 19.5 Å². The van der Waals surface area contributed by atoms with Crippen LogP contribution in [0.1, 0.15) is 6.42 Å². The molecule has 0 bridgehead atoms. The summed E-state index contributed by atoms with van der Waals surface area (Å²) in [5.41, 5.74) is 5.05. The fourth-order valence-electron chi connectivity index (χ4n) is 0.171. The van der Waals surface area contributed by atoms with Crippen LogP contribution >= 0.6 is 8.25 Å². The molecule has 0 aliphatic rings. The molecule has 0 radical (unpaired) electrons. The molecule has 6 heteroatoms. The Morgan fingerprint density at radius 3 is 2.00 bits per heavy atom. The largest absolute Gasteiger partial charge is 0.516 e. The van der Waals surface area contributed by atoms with Gasteiger partial charge in [-0.15, -0.1) is 0 Å². The summed E-state index contributed by atoms with van der Waals surface area (Å²) in [7, 11) is -3.13. The van der Waals surface area contributed by atoms with Gasteiger partial charge >= 0.3 is 8.25 Å². The van der Waals surface area contributed by atoms with Crippen LogP contribution in [0.3, 0.4) is 0 Å². The average molecular weight is 169 g/mol. The van der Waals surface area contributed by atoms with Crippen LogP contribution in [0.4, 0.5) is 0 Å². The van der Waals surface area contributed by atoms with E-state index in [4.69, 9.17) is 25.2 Å². The van der Waals surface area contributed by atoms with E-state index in [0.717, 1.165) is 12.7 Å². The molecule has 5 N–H and O–H groups in total. The number of rotatable bonds is 2. The molecule has 0 aliphatic carbocycles. The Labute approximate surface area is 59.8 Å². The number of aliphatic hydroxyl groups excluding tert-OH is 1. The summed E-state index contributed by atoms with van der Waals surface area (Å²) in [6, 6.07) is 0. The number of aliphatic hydroxyl groups is 1. The van der Waals surface area contributed by atoms with Crippen LogP contribution < -0.4 is 5.73 Å². The Hall–Kier alpha value is -0.350. The summed E-state index contributed by atoms with van der Waals surface area (Å²) < 4.78 is 8.74. The van der Waals surface area contributed by atoms with E-state index in [2.05, 4.69) is 0 Å². The molecule has 0 unspecified atom stereocenters. The normalized spacial score (nSPS) is 9.60. The highest BCUT2D eigenvalue weighted by atomic mass is 31.1. The van der Waals surface area contributed by atoms with Crippen LogP contribution in [-0.2, 0) is 4.57 Å². The highest BCUT2D eigenvalue weighted by molar-refractivity contribution is 7.30. The van der Waals surface area contributed by atoms with Crippen LogP contribution in [0.2, 0.25) is 0 Å². The summed E-state index contributed by atoms with van der Waals surface area (Å²) in [4.78, 5) is 14.3. The lowest BCUT2D eigenvalue weighted by Gasteiger charge is -1.77. The van der Waals surface area contributed by atoms with Gasteiger partial charge in [0.2, 0.25) is 0 Å². The lowest BCUT2D eigenvalue weighted by Crippen LogP contribution is -1.94. The van der Waals surface area contributed by atoms with Crippen molar-refractivity contribution >= 4 is 8.25 Å². The quantitative estimate of drug-likeness (QED) is 0.337. The molecule has 0 rings (SSSR count). The highest BCUT2D eigenvalue weighted by Gasteiger charge is 1.65. The SMILES string of the molecule is NCCC=CO.O=[PH](O)O. The first kappa shape index (κ1) is 12.3.